The number of carbonyl (C=O) groups is 1. The van der Waals surface area contributed by atoms with Gasteiger partial charge in [0.05, 0.1) is 10.0 Å². The number of urea groups is 1. The van der Waals surface area contributed by atoms with Crippen LogP contribution in [0.4, 0.5) is 10.5 Å². The maximum atomic E-state index is 12.1. The van der Waals surface area contributed by atoms with Crippen LogP contribution in [0, 0.1) is 0 Å². The first kappa shape index (κ1) is 13.5. The number of hydrogen-bond acceptors (Lipinski definition) is 2. The van der Waals surface area contributed by atoms with Gasteiger partial charge in [0, 0.05) is 31.4 Å². The molecule has 1 aromatic carbocycles. The highest BCUT2D eigenvalue weighted by molar-refractivity contribution is 6.42. The molecule has 0 spiro atoms. The second-order valence-electron chi connectivity index (χ2n) is 4.31. The maximum absolute atomic E-state index is 12.1. The first-order valence-corrected chi connectivity index (χ1v) is 6.57. The van der Waals surface area contributed by atoms with Crippen molar-refractivity contribution < 1.29 is 4.79 Å². The van der Waals surface area contributed by atoms with Crippen molar-refractivity contribution in [3.05, 3.63) is 28.2 Å². The minimum absolute atomic E-state index is 0.109. The SMILES string of the molecule is CC1CNCCN1C(=O)Nc1ccc(Cl)c(Cl)c1. The number of hydrogen-bond donors (Lipinski definition) is 2. The van der Waals surface area contributed by atoms with Gasteiger partial charge in [-0.1, -0.05) is 23.2 Å². The molecule has 1 saturated heterocycles. The topological polar surface area (TPSA) is 44.4 Å². The average molecular weight is 288 g/mol. The molecule has 1 fully saturated rings. The van der Waals surface area contributed by atoms with E-state index < -0.39 is 0 Å². The van der Waals surface area contributed by atoms with Crippen LogP contribution in [0.25, 0.3) is 0 Å². The van der Waals surface area contributed by atoms with Crippen molar-refractivity contribution in [2.45, 2.75) is 13.0 Å². The zero-order valence-electron chi connectivity index (χ0n) is 10.0. The van der Waals surface area contributed by atoms with Crippen LogP contribution >= 0.6 is 23.2 Å². The number of nitrogens with one attached hydrogen (secondary N) is 2. The summed E-state index contributed by atoms with van der Waals surface area (Å²) in [7, 11) is 0. The molecule has 1 heterocycles. The van der Waals surface area contributed by atoms with Crippen LogP contribution in [-0.4, -0.2) is 36.6 Å². The summed E-state index contributed by atoms with van der Waals surface area (Å²) < 4.78 is 0. The molecule has 1 aromatic rings. The highest BCUT2D eigenvalue weighted by atomic mass is 35.5. The van der Waals surface area contributed by atoms with Gasteiger partial charge in [-0.2, -0.15) is 0 Å². The summed E-state index contributed by atoms with van der Waals surface area (Å²) in [5.74, 6) is 0. The van der Waals surface area contributed by atoms with Gasteiger partial charge in [0.15, 0.2) is 0 Å². The second kappa shape index (κ2) is 5.78. The summed E-state index contributed by atoms with van der Waals surface area (Å²) in [6, 6.07) is 5.12. The molecule has 2 N–H and O–H groups in total. The molecule has 0 radical (unpaired) electrons. The number of anilines is 1. The zero-order chi connectivity index (χ0) is 13.1. The Labute approximate surface area is 116 Å². The van der Waals surface area contributed by atoms with Gasteiger partial charge in [0.1, 0.15) is 0 Å². The van der Waals surface area contributed by atoms with Gasteiger partial charge in [-0.05, 0) is 25.1 Å². The van der Waals surface area contributed by atoms with Crippen LogP contribution in [0.5, 0.6) is 0 Å². The number of piperazine rings is 1. The zero-order valence-corrected chi connectivity index (χ0v) is 11.6. The molecule has 1 unspecified atom stereocenters. The van der Waals surface area contributed by atoms with E-state index >= 15 is 0 Å². The van der Waals surface area contributed by atoms with E-state index in [0.29, 0.717) is 22.3 Å². The standard InChI is InChI=1S/C12H15Cl2N3O/c1-8-7-15-4-5-17(8)12(18)16-9-2-3-10(13)11(14)6-9/h2-3,6,8,15H,4-5,7H2,1H3,(H,16,18). The molecule has 1 aliphatic heterocycles. The molecule has 4 nitrogen and oxygen atoms in total. The smallest absolute Gasteiger partial charge is 0.319 e. The lowest BCUT2D eigenvalue weighted by atomic mass is 10.2. The van der Waals surface area contributed by atoms with Gasteiger partial charge in [-0.15, -0.1) is 0 Å². The van der Waals surface area contributed by atoms with Crippen LogP contribution in [0.3, 0.4) is 0 Å². The summed E-state index contributed by atoms with van der Waals surface area (Å²) in [5, 5.41) is 6.98. The molecular formula is C12H15Cl2N3O. The Morgan fingerprint density at radius 1 is 1.44 bits per heavy atom. The quantitative estimate of drug-likeness (QED) is 0.834. The Hall–Kier alpha value is -0.970. The molecule has 6 heteroatoms. The fourth-order valence-corrected chi connectivity index (χ4v) is 2.21. The maximum Gasteiger partial charge on any atom is 0.322 e. The van der Waals surface area contributed by atoms with E-state index in [9.17, 15) is 4.79 Å². The minimum atomic E-state index is -0.109. The minimum Gasteiger partial charge on any atom is -0.319 e. The summed E-state index contributed by atoms with van der Waals surface area (Å²) >= 11 is 11.7. The number of rotatable bonds is 1. The van der Waals surface area contributed by atoms with E-state index in [4.69, 9.17) is 23.2 Å². The third-order valence-corrected chi connectivity index (χ3v) is 3.67. The lowest BCUT2D eigenvalue weighted by Crippen LogP contribution is -2.53. The van der Waals surface area contributed by atoms with E-state index in [1.165, 1.54) is 0 Å². The summed E-state index contributed by atoms with van der Waals surface area (Å²) in [4.78, 5) is 13.9. The first-order valence-electron chi connectivity index (χ1n) is 5.81. The van der Waals surface area contributed by atoms with Crippen molar-refractivity contribution in [2.24, 2.45) is 0 Å². The first-order chi connectivity index (χ1) is 8.58. The van der Waals surface area contributed by atoms with Gasteiger partial charge in [-0.25, -0.2) is 4.79 Å². The largest absolute Gasteiger partial charge is 0.322 e. The Morgan fingerprint density at radius 2 is 2.22 bits per heavy atom. The molecule has 0 bridgehead atoms. The van der Waals surface area contributed by atoms with Crippen LogP contribution in [0.1, 0.15) is 6.92 Å². The number of nitrogens with zero attached hydrogens (tertiary/aromatic N) is 1. The Balaban J connectivity index is 2.04. The Morgan fingerprint density at radius 3 is 2.89 bits per heavy atom. The summed E-state index contributed by atoms with van der Waals surface area (Å²) in [6.45, 7) is 4.35. The summed E-state index contributed by atoms with van der Waals surface area (Å²) in [6.07, 6.45) is 0. The van der Waals surface area contributed by atoms with Gasteiger partial charge < -0.3 is 15.5 Å². The van der Waals surface area contributed by atoms with Gasteiger partial charge in [0.2, 0.25) is 0 Å². The second-order valence-corrected chi connectivity index (χ2v) is 5.12. The molecule has 0 aromatic heterocycles. The molecule has 0 saturated carbocycles. The van der Waals surface area contributed by atoms with E-state index in [1.807, 2.05) is 6.92 Å². The van der Waals surface area contributed by atoms with Crippen LogP contribution in [0.15, 0.2) is 18.2 Å². The van der Waals surface area contributed by atoms with Crippen molar-refractivity contribution in [1.82, 2.24) is 10.2 Å². The molecule has 0 aliphatic carbocycles. The lowest BCUT2D eigenvalue weighted by molar-refractivity contribution is 0.177. The molecule has 2 amide bonds. The fraction of sp³-hybridized carbons (Fsp3) is 0.417. The van der Waals surface area contributed by atoms with Crippen molar-refractivity contribution in [3.8, 4) is 0 Å². The van der Waals surface area contributed by atoms with Crippen molar-refractivity contribution in [2.75, 3.05) is 25.0 Å². The van der Waals surface area contributed by atoms with E-state index in [0.717, 1.165) is 13.1 Å². The van der Waals surface area contributed by atoms with Crippen molar-refractivity contribution in [3.63, 3.8) is 0 Å². The number of benzene rings is 1. The van der Waals surface area contributed by atoms with E-state index in [-0.39, 0.29) is 12.1 Å². The predicted octanol–water partition coefficient (Wildman–Crippen LogP) is 2.82. The lowest BCUT2D eigenvalue weighted by Gasteiger charge is -2.33. The van der Waals surface area contributed by atoms with Crippen LogP contribution in [-0.2, 0) is 0 Å². The fourth-order valence-electron chi connectivity index (χ4n) is 1.91. The highest BCUT2D eigenvalue weighted by Crippen LogP contribution is 2.25. The predicted molar refractivity (Wildman–Crippen MR) is 74.5 cm³/mol. The monoisotopic (exact) mass is 287 g/mol. The molecule has 18 heavy (non-hydrogen) atoms. The van der Waals surface area contributed by atoms with Crippen molar-refractivity contribution >= 4 is 34.9 Å². The van der Waals surface area contributed by atoms with Gasteiger partial charge in [-0.3, -0.25) is 0 Å². The summed E-state index contributed by atoms with van der Waals surface area (Å²) in [5.41, 5.74) is 0.653. The van der Waals surface area contributed by atoms with Crippen molar-refractivity contribution in [1.29, 1.82) is 0 Å². The van der Waals surface area contributed by atoms with E-state index in [2.05, 4.69) is 10.6 Å². The third-order valence-electron chi connectivity index (χ3n) is 2.93. The average Bonchev–Trinajstić information content (AvgIpc) is 2.34. The Bertz CT molecular complexity index is 453. The highest BCUT2D eigenvalue weighted by Gasteiger charge is 2.22. The normalized spacial score (nSPS) is 19.7. The van der Waals surface area contributed by atoms with Crippen LogP contribution < -0.4 is 10.6 Å². The molecule has 98 valence electrons. The number of amides is 2. The van der Waals surface area contributed by atoms with Gasteiger partial charge >= 0.3 is 6.03 Å². The molecule has 1 aliphatic rings. The van der Waals surface area contributed by atoms with Crippen LogP contribution in [0.2, 0.25) is 10.0 Å². The molecule has 1 atom stereocenters. The number of carbonyl (C=O) groups excluding carboxylic acids is 1. The molecule has 2 rings (SSSR count). The van der Waals surface area contributed by atoms with Gasteiger partial charge in [0.25, 0.3) is 0 Å². The molecular weight excluding hydrogens is 273 g/mol. The Kier molecular flexibility index (Phi) is 4.32. The number of halogens is 2. The third kappa shape index (κ3) is 3.07. The van der Waals surface area contributed by atoms with E-state index in [1.54, 1.807) is 23.1 Å².